The van der Waals surface area contributed by atoms with Crippen molar-refractivity contribution >= 4 is 27.9 Å². The van der Waals surface area contributed by atoms with Gasteiger partial charge in [0.05, 0.1) is 29.4 Å². The van der Waals surface area contributed by atoms with E-state index in [1.807, 2.05) is 24.3 Å². The number of furan rings is 1. The van der Waals surface area contributed by atoms with Crippen molar-refractivity contribution in [3.63, 3.8) is 0 Å². The third kappa shape index (κ3) is 3.39. The molecule has 0 aliphatic carbocycles. The van der Waals surface area contributed by atoms with E-state index in [0.717, 1.165) is 23.5 Å². The molecule has 1 aromatic carbocycles. The predicted octanol–water partition coefficient (Wildman–Crippen LogP) is 4.61. The monoisotopic (exact) mass is 444 g/mol. The molecule has 1 aliphatic heterocycles. The highest BCUT2D eigenvalue weighted by molar-refractivity contribution is 7.17. The number of rotatable bonds is 4. The standard InChI is InChI=1S/C21H21ClN4O3S/c1-12-10-25(11-13(2)29-12)17(14-6-3-4-7-15(14)22)18-20(27)26-21(30-18)23-19(24-26)16-8-5-9-28-16/h3-9,12-13,17,27H,10-11H2,1-2H3/t12-,13+,17-/m0/s1. The van der Waals surface area contributed by atoms with Gasteiger partial charge in [-0.05, 0) is 37.6 Å². The smallest absolute Gasteiger partial charge is 0.230 e. The van der Waals surface area contributed by atoms with E-state index in [1.54, 1.807) is 18.4 Å². The van der Waals surface area contributed by atoms with Crippen LogP contribution in [-0.4, -0.2) is 49.9 Å². The number of benzene rings is 1. The minimum Gasteiger partial charge on any atom is -0.492 e. The molecule has 0 spiro atoms. The molecule has 3 atom stereocenters. The molecule has 4 aromatic rings. The molecular formula is C21H21ClN4O3S. The number of fused-ring (bicyclic) bond motifs is 1. The Kier molecular flexibility index (Phi) is 5.02. The Bertz CT molecular complexity index is 1160. The minimum absolute atomic E-state index is 0.0667. The van der Waals surface area contributed by atoms with Crippen molar-refractivity contribution in [2.24, 2.45) is 0 Å². The van der Waals surface area contributed by atoms with Crippen LogP contribution in [0, 0.1) is 0 Å². The summed E-state index contributed by atoms with van der Waals surface area (Å²) in [5.41, 5.74) is 0.937. The third-order valence-corrected chi connectivity index (χ3v) is 6.62. The van der Waals surface area contributed by atoms with Crippen molar-refractivity contribution in [1.29, 1.82) is 0 Å². The summed E-state index contributed by atoms with van der Waals surface area (Å²) in [5.74, 6) is 1.07. The van der Waals surface area contributed by atoms with E-state index in [-0.39, 0.29) is 24.1 Å². The van der Waals surface area contributed by atoms with Crippen LogP contribution in [0.2, 0.25) is 5.02 Å². The van der Waals surface area contributed by atoms with Gasteiger partial charge in [0.2, 0.25) is 16.7 Å². The molecule has 1 N–H and O–H groups in total. The fourth-order valence-electron chi connectivity index (χ4n) is 4.07. The molecule has 5 rings (SSSR count). The van der Waals surface area contributed by atoms with E-state index in [4.69, 9.17) is 20.8 Å². The second-order valence-corrected chi connectivity index (χ2v) is 8.95. The number of halogens is 1. The van der Waals surface area contributed by atoms with Crippen molar-refractivity contribution in [3.8, 4) is 17.5 Å². The third-order valence-electron chi connectivity index (χ3n) is 5.20. The molecule has 1 aliphatic rings. The summed E-state index contributed by atoms with van der Waals surface area (Å²) >= 11 is 8.00. The zero-order chi connectivity index (χ0) is 20.8. The second-order valence-electron chi connectivity index (χ2n) is 7.53. The van der Waals surface area contributed by atoms with E-state index < -0.39 is 0 Å². The Morgan fingerprint density at radius 3 is 2.60 bits per heavy atom. The summed E-state index contributed by atoms with van der Waals surface area (Å²) in [6, 6.07) is 11.1. The summed E-state index contributed by atoms with van der Waals surface area (Å²) in [6.07, 6.45) is 1.73. The number of thiazole rings is 1. The topological polar surface area (TPSA) is 76.0 Å². The van der Waals surface area contributed by atoms with Crippen molar-refractivity contribution in [1.82, 2.24) is 19.5 Å². The summed E-state index contributed by atoms with van der Waals surface area (Å²) in [6.45, 7) is 5.57. The number of hydrogen-bond donors (Lipinski definition) is 1. The maximum atomic E-state index is 11.1. The van der Waals surface area contributed by atoms with Gasteiger partial charge in [-0.15, -0.1) is 5.10 Å². The van der Waals surface area contributed by atoms with Crippen LogP contribution in [-0.2, 0) is 4.74 Å². The lowest BCUT2D eigenvalue weighted by molar-refractivity contribution is -0.0764. The lowest BCUT2D eigenvalue weighted by atomic mass is 10.0. The molecule has 4 heterocycles. The zero-order valence-electron chi connectivity index (χ0n) is 16.5. The van der Waals surface area contributed by atoms with Gasteiger partial charge in [0.25, 0.3) is 0 Å². The Labute approximate surface area is 182 Å². The van der Waals surface area contributed by atoms with Gasteiger partial charge in [0.1, 0.15) is 0 Å². The zero-order valence-corrected chi connectivity index (χ0v) is 18.1. The van der Waals surface area contributed by atoms with E-state index in [0.29, 0.717) is 21.6 Å². The summed E-state index contributed by atoms with van der Waals surface area (Å²) in [5, 5.41) is 16.2. The van der Waals surface area contributed by atoms with Crippen molar-refractivity contribution < 1.29 is 14.3 Å². The molecule has 7 nitrogen and oxygen atoms in total. The van der Waals surface area contributed by atoms with Gasteiger partial charge in [-0.1, -0.05) is 41.1 Å². The lowest BCUT2D eigenvalue weighted by Gasteiger charge is -2.40. The number of aromatic nitrogens is 3. The highest BCUT2D eigenvalue weighted by atomic mass is 35.5. The molecule has 0 amide bonds. The first-order valence-electron chi connectivity index (χ1n) is 9.77. The molecule has 30 heavy (non-hydrogen) atoms. The van der Waals surface area contributed by atoms with Crippen molar-refractivity contribution in [3.05, 3.63) is 58.1 Å². The molecular weight excluding hydrogens is 424 g/mol. The van der Waals surface area contributed by atoms with Gasteiger partial charge < -0.3 is 14.3 Å². The first kappa shape index (κ1) is 19.6. The van der Waals surface area contributed by atoms with E-state index in [1.165, 1.54) is 15.9 Å². The summed E-state index contributed by atoms with van der Waals surface area (Å²) in [4.78, 5) is 8.21. The van der Waals surface area contributed by atoms with E-state index in [2.05, 4.69) is 28.8 Å². The van der Waals surface area contributed by atoms with Crippen LogP contribution in [0.1, 0.15) is 30.3 Å². The predicted molar refractivity (Wildman–Crippen MR) is 115 cm³/mol. The van der Waals surface area contributed by atoms with Crippen LogP contribution in [0.25, 0.3) is 16.5 Å². The van der Waals surface area contributed by atoms with Crippen LogP contribution >= 0.6 is 22.9 Å². The summed E-state index contributed by atoms with van der Waals surface area (Å²) < 4.78 is 12.8. The Morgan fingerprint density at radius 1 is 1.17 bits per heavy atom. The second kappa shape index (κ2) is 7.70. The number of ether oxygens (including phenoxy) is 1. The van der Waals surface area contributed by atoms with Crippen LogP contribution in [0.4, 0.5) is 0 Å². The largest absolute Gasteiger partial charge is 0.492 e. The van der Waals surface area contributed by atoms with E-state index in [9.17, 15) is 5.11 Å². The van der Waals surface area contributed by atoms with Gasteiger partial charge in [-0.25, -0.2) is 0 Å². The van der Waals surface area contributed by atoms with Gasteiger partial charge in [-0.3, -0.25) is 4.90 Å². The van der Waals surface area contributed by atoms with Gasteiger partial charge >= 0.3 is 0 Å². The highest BCUT2D eigenvalue weighted by Crippen LogP contribution is 2.43. The molecule has 3 aromatic heterocycles. The molecule has 9 heteroatoms. The quantitative estimate of drug-likeness (QED) is 0.495. The Morgan fingerprint density at radius 2 is 1.93 bits per heavy atom. The van der Waals surface area contributed by atoms with E-state index >= 15 is 0 Å². The molecule has 1 saturated heterocycles. The van der Waals surface area contributed by atoms with Gasteiger partial charge in [-0.2, -0.15) is 9.50 Å². The average molecular weight is 445 g/mol. The Hall–Kier alpha value is -2.39. The highest BCUT2D eigenvalue weighted by Gasteiger charge is 2.35. The molecule has 0 radical (unpaired) electrons. The van der Waals surface area contributed by atoms with Crippen molar-refractivity contribution in [2.75, 3.05) is 13.1 Å². The van der Waals surface area contributed by atoms with Gasteiger partial charge in [0.15, 0.2) is 5.76 Å². The average Bonchev–Trinajstić information content (AvgIpc) is 3.42. The minimum atomic E-state index is -0.229. The molecule has 0 saturated carbocycles. The molecule has 1 fully saturated rings. The Balaban J connectivity index is 1.62. The van der Waals surface area contributed by atoms with Crippen LogP contribution in [0.15, 0.2) is 47.1 Å². The maximum absolute atomic E-state index is 11.1. The summed E-state index contributed by atoms with van der Waals surface area (Å²) in [7, 11) is 0. The van der Waals surface area contributed by atoms with Crippen molar-refractivity contribution in [2.45, 2.75) is 32.1 Å². The maximum Gasteiger partial charge on any atom is 0.230 e. The number of hydrogen-bond acceptors (Lipinski definition) is 7. The molecule has 0 bridgehead atoms. The normalized spacial score (nSPS) is 21.3. The first-order valence-corrected chi connectivity index (χ1v) is 11.0. The molecule has 0 unspecified atom stereocenters. The van der Waals surface area contributed by atoms with Crippen LogP contribution < -0.4 is 0 Å². The number of nitrogens with zero attached hydrogens (tertiary/aromatic N) is 4. The number of morpholine rings is 1. The first-order chi connectivity index (χ1) is 14.5. The number of aromatic hydroxyl groups is 1. The van der Waals surface area contributed by atoms with Crippen LogP contribution in [0.3, 0.4) is 0 Å². The fourth-order valence-corrected chi connectivity index (χ4v) is 5.41. The SMILES string of the molecule is C[C@@H]1CN([C@@H](c2ccccc2Cl)c2sc3nc(-c4ccco4)nn3c2O)C[C@H](C)O1. The fraction of sp³-hybridized carbons (Fsp3) is 0.333. The van der Waals surface area contributed by atoms with Crippen LogP contribution in [0.5, 0.6) is 5.88 Å². The lowest BCUT2D eigenvalue weighted by Crippen LogP contribution is -2.47. The van der Waals surface area contributed by atoms with Gasteiger partial charge in [0, 0.05) is 18.1 Å². The molecule has 156 valence electrons.